The smallest absolute Gasteiger partial charge is 0.246 e. The predicted molar refractivity (Wildman–Crippen MR) is 101 cm³/mol. The maximum Gasteiger partial charge on any atom is 0.246 e. The highest BCUT2D eigenvalue weighted by Crippen LogP contribution is 2.17. The van der Waals surface area contributed by atoms with E-state index in [9.17, 15) is 18.7 Å². The monoisotopic (exact) mass is 376 g/mol. The number of anilines is 1. The van der Waals surface area contributed by atoms with Crippen molar-refractivity contribution in [3.63, 3.8) is 0 Å². The van der Waals surface area contributed by atoms with E-state index < -0.39 is 17.7 Å². The van der Waals surface area contributed by atoms with E-state index in [1.54, 1.807) is 19.1 Å². The van der Waals surface area contributed by atoms with E-state index in [2.05, 4.69) is 20.9 Å². The molecule has 1 atom stereocenters. The quantitative estimate of drug-likeness (QED) is 0.355. The molecule has 0 saturated heterocycles. The van der Waals surface area contributed by atoms with Gasteiger partial charge in [0.2, 0.25) is 5.91 Å². The number of hydrogen-bond acceptors (Lipinski definition) is 3. The first-order valence-corrected chi connectivity index (χ1v) is 8.47. The van der Waals surface area contributed by atoms with Gasteiger partial charge in [-0.2, -0.15) is 0 Å². The largest absolute Gasteiger partial charge is 0.508 e. The van der Waals surface area contributed by atoms with Crippen LogP contribution in [0.15, 0.2) is 47.5 Å². The van der Waals surface area contributed by atoms with Crippen LogP contribution in [0.4, 0.5) is 14.5 Å². The first kappa shape index (κ1) is 20.2. The molecule has 0 aliphatic heterocycles. The second-order valence-electron chi connectivity index (χ2n) is 5.82. The third-order valence-corrected chi connectivity index (χ3v) is 3.66. The fourth-order valence-corrected chi connectivity index (χ4v) is 2.35. The lowest BCUT2D eigenvalue weighted by Crippen LogP contribution is -2.39. The molecule has 4 N–H and O–H groups in total. The summed E-state index contributed by atoms with van der Waals surface area (Å²) in [5, 5.41) is 17.8. The minimum atomic E-state index is -0.657. The summed E-state index contributed by atoms with van der Waals surface area (Å²) in [4.78, 5) is 16.2. The van der Waals surface area contributed by atoms with E-state index in [0.717, 1.165) is 6.07 Å². The average Bonchev–Trinajstić information content (AvgIpc) is 2.61. The van der Waals surface area contributed by atoms with E-state index in [-0.39, 0.29) is 23.8 Å². The van der Waals surface area contributed by atoms with Crippen LogP contribution in [-0.4, -0.2) is 30.1 Å². The summed E-state index contributed by atoms with van der Waals surface area (Å²) in [5.41, 5.74) is 0.822. The summed E-state index contributed by atoms with van der Waals surface area (Å²) < 4.78 is 26.9. The number of benzene rings is 2. The fourth-order valence-electron chi connectivity index (χ4n) is 2.35. The second kappa shape index (κ2) is 9.51. The number of carbonyl (C=O) groups is 1. The maximum atomic E-state index is 13.9. The van der Waals surface area contributed by atoms with Crippen LogP contribution in [0.5, 0.6) is 5.75 Å². The van der Waals surface area contributed by atoms with Gasteiger partial charge < -0.3 is 21.1 Å². The van der Waals surface area contributed by atoms with Crippen molar-refractivity contribution in [1.82, 2.24) is 10.6 Å². The van der Waals surface area contributed by atoms with Gasteiger partial charge in [0.1, 0.15) is 23.9 Å². The Kier molecular flexibility index (Phi) is 7.10. The van der Waals surface area contributed by atoms with E-state index in [4.69, 9.17) is 0 Å². The minimum Gasteiger partial charge on any atom is -0.508 e. The molecule has 2 aromatic rings. The van der Waals surface area contributed by atoms with Crippen molar-refractivity contribution >= 4 is 17.6 Å². The molecule has 27 heavy (non-hydrogen) atoms. The van der Waals surface area contributed by atoms with Gasteiger partial charge in [-0.15, -0.1) is 0 Å². The van der Waals surface area contributed by atoms with Gasteiger partial charge in [0, 0.05) is 23.9 Å². The second-order valence-corrected chi connectivity index (χ2v) is 5.82. The first-order chi connectivity index (χ1) is 12.9. The van der Waals surface area contributed by atoms with Crippen molar-refractivity contribution in [3.05, 3.63) is 59.7 Å². The van der Waals surface area contributed by atoms with E-state index in [1.165, 1.54) is 24.3 Å². The van der Waals surface area contributed by atoms with Crippen LogP contribution in [0.3, 0.4) is 0 Å². The number of carbonyl (C=O) groups excluding carboxylic acids is 1. The molecule has 0 aliphatic rings. The third kappa shape index (κ3) is 6.25. The molecule has 0 fully saturated rings. The zero-order chi connectivity index (χ0) is 19.8. The number of nitrogens with zero attached hydrogens (tertiary/aromatic N) is 1. The Morgan fingerprint density at radius 2 is 1.89 bits per heavy atom. The summed E-state index contributed by atoms with van der Waals surface area (Å²) >= 11 is 0. The number of aromatic hydroxyl groups is 1. The van der Waals surface area contributed by atoms with Gasteiger partial charge in [-0.25, -0.2) is 13.8 Å². The van der Waals surface area contributed by atoms with Crippen LogP contribution < -0.4 is 16.0 Å². The van der Waals surface area contributed by atoms with Gasteiger partial charge >= 0.3 is 0 Å². The van der Waals surface area contributed by atoms with Gasteiger partial charge in [-0.3, -0.25) is 4.79 Å². The molecule has 1 amide bonds. The fraction of sp³-hybridized carbons (Fsp3) is 0.263. The van der Waals surface area contributed by atoms with E-state index >= 15 is 0 Å². The number of phenolic OH excluding ortho intramolecular Hbond substituents is 1. The van der Waals surface area contributed by atoms with Crippen LogP contribution >= 0.6 is 0 Å². The predicted octanol–water partition coefficient (Wildman–Crippen LogP) is 2.93. The standard InChI is InChI=1S/C19H22F2N4O2/c1-3-22-19(24-12(2)16-9-4-13(20)10-17(16)21)23-11-18(27)25-14-5-7-15(26)8-6-14/h4-10,12,26H,3,11H2,1-2H3,(H,25,27)(H2,22,23,24). The summed E-state index contributed by atoms with van der Waals surface area (Å²) in [6, 6.07) is 8.95. The first-order valence-electron chi connectivity index (χ1n) is 8.47. The van der Waals surface area contributed by atoms with Crippen LogP contribution in [-0.2, 0) is 4.79 Å². The molecule has 0 saturated carbocycles. The molecule has 8 heteroatoms. The molecule has 0 bridgehead atoms. The lowest BCUT2D eigenvalue weighted by Gasteiger charge is -2.18. The Bertz CT molecular complexity index is 810. The molecule has 0 aliphatic carbocycles. The highest BCUT2D eigenvalue weighted by atomic mass is 19.1. The number of halogens is 2. The van der Waals surface area contributed by atoms with Crippen molar-refractivity contribution in [1.29, 1.82) is 0 Å². The molecule has 2 rings (SSSR count). The zero-order valence-corrected chi connectivity index (χ0v) is 15.1. The Labute approximate surface area is 156 Å². The van der Waals surface area contributed by atoms with Crippen molar-refractivity contribution in [2.45, 2.75) is 19.9 Å². The average molecular weight is 376 g/mol. The van der Waals surface area contributed by atoms with Crippen molar-refractivity contribution in [2.75, 3.05) is 18.4 Å². The van der Waals surface area contributed by atoms with Crippen LogP contribution in [0.25, 0.3) is 0 Å². The van der Waals surface area contributed by atoms with Gasteiger partial charge in [-0.1, -0.05) is 6.07 Å². The van der Waals surface area contributed by atoms with Crippen LogP contribution in [0.1, 0.15) is 25.5 Å². The lowest BCUT2D eigenvalue weighted by atomic mass is 10.1. The van der Waals surface area contributed by atoms with E-state index in [0.29, 0.717) is 18.2 Å². The molecule has 0 aromatic heterocycles. The number of amides is 1. The molecule has 0 radical (unpaired) electrons. The molecule has 1 unspecified atom stereocenters. The molecule has 144 valence electrons. The summed E-state index contributed by atoms with van der Waals surface area (Å²) in [5.74, 6) is -1.22. The number of guanidine groups is 1. The Morgan fingerprint density at radius 1 is 1.19 bits per heavy atom. The van der Waals surface area contributed by atoms with Gasteiger partial charge in [-0.05, 0) is 44.2 Å². The van der Waals surface area contributed by atoms with Crippen molar-refractivity contribution in [2.24, 2.45) is 4.99 Å². The molecule has 0 heterocycles. The highest BCUT2D eigenvalue weighted by Gasteiger charge is 2.13. The normalized spacial score (nSPS) is 12.4. The number of hydrogen-bond donors (Lipinski definition) is 4. The molecule has 2 aromatic carbocycles. The van der Waals surface area contributed by atoms with Crippen molar-refractivity contribution < 1.29 is 18.7 Å². The summed E-state index contributed by atoms with van der Waals surface area (Å²) in [7, 11) is 0. The Balaban J connectivity index is 2.00. The van der Waals surface area contributed by atoms with E-state index in [1.807, 2.05) is 6.92 Å². The number of phenols is 1. The SMILES string of the molecule is CCNC(=NCC(=O)Nc1ccc(O)cc1)NC(C)c1ccc(F)cc1F. The van der Waals surface area contributed by atoms with Crippen molar-refractivity contribution in [3.8, 4) is 5.75 Å². The molecular weight excluding hydrogens is 354 g/mol. The summed E-state index contributed by atoms with van der Waals surface area (Å²) in [6.07, 6.45) is 0. The Morgan fingerprint density at radius 3 is 2.52 bits per heavy atom. The van der Waals surface area contributed by atoms with Gasteiger partial charge in [0.15, 0.2) is 5.96 Å². The number of nitrogens with one attached hydrogen (secondary N) is 3. The van der Waals surface area contributed by atoms with Crippen LogP contribution in [0, 0.1) is 11.6 Å². The lowest BCUT2D eigenvalue weighted by molar-refractivity contribution is -0.114. The topological polar surface area (TPSA) is 85.8 Å². The molecule has 0 spiro atoms. The Hall–Kier alpha value is -3.16. The van der Waals surface area contributed by atoms with Crippen LogP contribution in [0.2, 0.25) is 0 Å². The van der Waals surface area contributed by atoms with Gasteiger partial charge in [0.25, 0.3) is 0 Å². The molecule has 6 nitrogen and oxygen atoms in total. The highest BCUT2D eigenvalue weighted by molar-refractivity contribution is 5.94. The molecular formula is C19H22F2N4O2. The minimum absolute atomic E-state index is 0.103. The summed E-state index contributed by atoms with van der Waals surface area (Å²) in [6.45, 7) is 3.95. The maximum absolute atomic E-state index is 13.9. The zero-order valence-electron chi connectivity index (χ0n) is 15.1. The number of rotatable bonds is 6. The number of aliphatic imine (C=N–C) groups is 1. The third-order valence-electron chi connectivity index (χ3n) is 3.66. The van der Waals surface area contributed by atoms with Gasteiger partial charge in [0.05, 0.1) is 6.04 Å².